The van der Waals surface area contributed by atoms with Gasteiger partial charge in [0.05, 0.1) is 11.6 Å². The van der Waals surface area contributed by atoms with Gasteiger partial charge in [0, 0.05) is 23.6 Å². The van der Waals surface area contributed by atoms with E-state index < -0.39 is 17.7 Å². The first-order chi connectivity index (χ1) is 16.3. The number of nitrogens with zero attached hydrogens (tertiary/aromatic N) is 2. The van der Waals surface area contributed by atoms with E-state index in [1.165, 1.54) is 0 Å². The average Bonchev–Trinajstić information content (AvgIpc) is 3.32. The van der Waals surface area contributed by atoms with Crippen molar-refractivity contribution >= 4 is 29.1 Å². The number of hydrogen-bond donors (Lipinski definition) is 1. The lowest BCUT2D eigenvalue weighted by molar-refractivity contribution is -0.140. The van der Waals surface area contributed by atoms with Crippen molar-refractivity contribution in [2.75, 3.05) is 26.2 Å². The summed E-state index contributed by atoms with van der Waals surface area (Å²) in [5.41, 5.74) is 2.28. The SMILES string of the molecule is CCN(CC)CCCN1C(=O)C(=O)/C(=C(\O)c2ccc3c(c2)CC(C)O3)C1c1cccc(Cl)c1. The number of carbonyl (C=O) groups is 2. The molecule has 6 nitrogen and oxygen atoms in total. The number of aliphatic hydroxyl groups is 1. The van der Waals surface area contributed by atoms with E-state index in [0.29, 0.717) is 22.7 Å². The number of amides is 1. The van der Waals surface area contributed by atoms with Crippen molar-refractivity contribution in [1.29, 1.82) is 0 Å². The van der Waals surface area contributed by atoms with Crippen LogP contribution in [0.5, 0.6) is 5.75 Å². The van der Waals surface area contributed by atoms with Crippen molar-refractivity contribution in [2.45, 2.75) is 45.8 Å². The summed E-state index contributed by atoms with van der Waals surface area (Å²) in [4.78, 5) is 30.2. The molecule has 0 aromatic heterocycles. The molecule has 2 aromatic carbocycles. The van der Waals surface area contributed by atoms with Gasteiger partial charge >= 0.3 is 0 Å². The highest BCUT2D eigenvalue weighted by atomic mass is 35.5. The van der Waals surface area contributed by atoms with Crippen molar-refractivity contribution in [3.05, 3.63) is 69.8 Å². The number of ketones is 1. The second-order valence-electron chi connectivity index (χ2n) is 8.88. The minimum Gasteiger partial charge on any atom is -0.507 e. The number of Topliss-reactive ketones (excluding diaryl/α,β-unsaturated/α-hetero) is 1. The summed E-state index contributed by atoms with van der Waals surface area (Å²) in [5, 5.41) is 11.8. The molecule has 2 heterocycles. The molecule has 0 bridgehead atoms. The number of ether oxygens (including phenoxy) is 1. The molecule has 2 aliphatic heterocycles. The van der Waals surface area contributed by atoms with Crippen LogP contribution in [0.15, 0.2) is 48.0 Å². The molecule has 180 valence electrons. The van der Waals surface area contributed by atoms with Gasteiger partial charge in [-0.05, 0) is 74.4 Å². The van der Waals surface area contributed by atoms with Crippen LogP contribution in [0.25, 0.3) is 5.76 Å². The molecule has 0 spiro atoms. The lowest BCUT2D eigenvalue weighted by Crippen LogP contribution is -2.33. The Morgan fingerprint density at radius 1 is 1.18 bits per heavy atom. The fraction of sp³-hybridized carbons (Fsp3) is 0.407. The highest BCUT2D eigenvalue weighted by molar-refractivity contribution is 6.46. The first-order valence-corrected chi connectivity index (χ1v) is 12.3. The smallest absolute Gasteiger partial charge is 0.295 e. The summed E-state index contributed by atoms with van der Waals surface area (Å²) in [7, 11) is 0. The predicted molar refractivity (Wildman–Crippen MR) is 133 cm³/mol. The molecule has 2 aliphatic rings. The third-order valence-electron chi connectivity index (χ3n) is 6.64. The fourth-order valence-electron chi connectivity index (χ4n) is 4.86. The van der Waals surface area contributed by atoms with Gasteiger partial charge in [-0.15, -0.1) is 0 Å². The molecule has 34 heavy (non-hydrogen) atoms. The Balaban J connectivity index is 1.73. The molecule has 1 amide bonds. The zero-order chi connectivity index (χ0) is 24.4. The van der Waals surface area contributed by atoms with Gasteiger partial charge in [0.25, 0.3) is 11.7 Å². The van der Waals surface area contributed by atoms with Crippen molar-refractivity contribution in [3.8, 4) is 5.75 Å². The monoisotopic (exact) mass is 482 g/mol. The van der Waals surface area contributed by atoms with Gasteiger partial charge in [0.2, 0.25) is 0 Å². The van der Waals surface area contributed by atoms with Crippen LogP contribution < -0.4 is 4.74 Å². The van der Waals surface area contributed by atoms with Crippen LogP contribution in [0.4, 0.5) is 0 Å². The number of halogens is 1. The first kappa shape index (κ1) is 24.3. The fourth-order valence-corrected chi connectivity index (χ4v) is 5.06. The van der Waals surface area contributed by atoms with Crippen molar-refractivity contribution in [1.82, 2.24) is 9.80 Å². The Morgan fingerprint density at radius 2 is 1.94 bits per heavy atom. The second-order valence-corrected chi connectivity index (χ2v) is 9.32. The molecule has 2 unspecified atom stereocenters. The molecule has 4 rings (SSSR count). The van der Waals surface area contributed by atoms with Gasteiger partial charge in [-0.3, -0.25) is 9.59 Å². The van der Waals surface area contributed by atoms with Crippen LogP contribution in [0.1, 0.15) is 49.9 Å². The predicted octanol–water partition coefficient (Wildman–Crippen LogP) is 4.82. The molecule has 1 saturated heterocycles. The maximum Gasteiger partial charge on any atom is 0.295 e. The highest BCUT2D eigenvalue weighted by Crippen LogP contribution is 2.41. The summed E-state index contributed by atoms with van der Waals surface area (Å²) in [6.07, 6.45) is 1.52. The van der Waals surface area contributed by atoms with E-state index in [1.54, 1.807) is 29.2 Å². The summed E-state index contributed by atoms with van der Waals surface area (Å²) < 4.78 is 5.76. The summed E-state index contributed by atoms with van der Waals surface area (Å²) in [6, 6.07) is 11.8. The largest absolute Gasteiger partial charge is 0.507 e. The van der Waals surface area contributed by atoms with E-state index in [-0.39, 0.29) is 17.4 Å². The normalized spacial score (nSPS) is 21.3. The number of likely N-dealkylation sites (tertiary alicyclic amines) is 1. The third kappa shape index (κ3) is 4.70. The molecule has 2 atom stereocenters. The minimum absolute atomic E-state index is 0.0650. The van der Waals surface area contributed by atoms with Crippen LogP contribution in [-0.4, -0.2) is 58.9 Å². The van der Waals surface area contributed by atoms with Gasteiger partial charge < -0.3 is 19.6 Å². The van der Waals surface area contributed by atoms with Crippen LogP contribution in [0.3, 0.4) is 0 Å². The number of fused-ring (bicyclic) bond motifs is 1. The Morgan fingerprint density at radius 3 is 2.65 bits per heavy atom. The molecule has 0 aliphatic carbocycles. The van der Waals surface area contributed by atoms with Crippen LogP contribution in [0.2, 0.25) is 5.02 Å². The first-order valence-electron chi connectivity index (χ1n) is 11.9. The van der Waals surface area contributed by atoms with Gasteiger partial charge in [-0.2, -0.15) is 0 Å². The van der Waals surface area contributed by atoms with Gasteiger partial charge in [0.15, 0.2) is 0 Å². The molecular formula is C27H31ClN2O4. The lowest BCUT2D eigenvalue weighted by atomic mass is 9.94. The van der Waals surface area contributed by atoms with E-state index in [9.17, 15) is 14.7 Å². The lowest BCUT2D eigenvalue weighted by Gasteiger charge is -2.27. The Bertz CT molecular complexity index is 1130. The van der Waals surface area contributed by atoms with E-state index >= 15 is 0 Å². The van der Waals surface area contributed by atoms with Gasteiger partial charge in [-0.1, -0.05) is 37.6 Å². The summed E-state index contributed by atoms with van der Waals surface area (Å²) >= 11 is 6.26. The molecule has 1 fully saturated rings. The van der Waals surface area contributed by atoms with Crippen LogP contribution in [-0.2, 0) is 16.0 Å². The number of carbonyl (C=O) groups excluding carboxylic acids is 2. The average molecular weight is 483 g/mol. The highest BCUT2D eigenvalue weighted by Gasteiger charge is 2.46. The van der Waals surface area contributed by atoms with Crippen LogP contribution in [0, 0.1) is 0 Å². The Kier molecular flexibility index (Phi) is 7.29. The zero-order valence-corrected chi connectivity index (χ0v) is 20.6. The van der Waals surface area contributed by atoms with Gasteiger partial charge in [0.1, 0.15) is 17.6 Å². The third-order valence-corrected chi connectivity index (χ3v) is 6.88. The number of rotatable bonds is 8. The maximum absolute atomic E-state index is 13.2. The van der Waals surface area contributed by atoms with Gasteiger partial charge in [-0.25, -0.2) is 0 Å². The summed E-state index contributed by atoms with van der Waals surface area (Å²) in [5.74, 6) is -0.649. The number of hydrogen-bond acceptors (Lipinski definition) is 5. The number of benzene rings is 2. The second kappa shape index (κ2) is 10.2. The van der Waals surface area contributed by atoms with Crippen molar-refractivity contribution in [2.24, 2.45) is 0 Å². The van der Waals surface area contributed by atoms with Crippen molar-refractivity contribution in [3.63, 3.8) is 0 Å². The quantitative estimate of drug-likeness (QED) is 0.332. The number of aliphatic hydroxyl groups excluding tert-OH is 1. The molecule has 0 radical (unpaired) electrons. The van der Waals surface area contributed by atoms with E-state index in [0.717, 1.165) is 43.8 Å². The molecule has 2 aromatic rings. The molecule has 1 N–H and O–H groups in total. The molecule has 0 saturated carbocycles. The van der Waals surface area contributed by atoms with E-state index in [4.69, 9.17) is 16.3 Å². The topological polar surface area (TPSA) is 70.1 Å². The Hall–Kier alpha value is -2.83. The van der Waals surface area contributed by atoms with Crippen molar-refractivity contribution < 1.29 is 19.4 Å². The maximum atomic E-state index is 13.2. The van der Waals surface area contributed by atoms with Crippen LogP contribution >= 0.6 is 11.6 Å². The van der Waals surface area contributed by atoms with E-state index in [2.05, 4.69) is 18.7 Å². The molecular weight excluding hydrogens is 452 g/mol. The summed E-state index contributed by atoms with van der Waals surface area (Å²) in [6.45, 7) is 9.27. The Labute approximate surface area is 205 Å². The standard InChI is InChI=1S/C27H31ClN2O4/c1-4-29(5-2)12-7-13-30-24(18-8-6-9-21(28)16-18)23(26(32)27(30)33)25(31)19-10-11-22-20(15-19)14-17(3)34-22/h6,8-11,15-17,24,31H,4-5,7,12-14H2,1-3H3/b25-23-. The zero-order valence-electron chi connectivity index (χ0n) is 19.9. The minimum atomic E-state index is -0.696. The molecule has 7 heteroatoms. The van der Waals surface area contributed by atoms with E-state index in [1.807, 2.05) is 25.1 Å².